The van der Waals surface area contributed by atoms with Gasteiger partial charge in [0, 0.05) is 11.1 Å². The lowest BCUT2D eigenvalue weighted by atomic mass is 9.95. The number of carbonyl (C=O) groups is 2. The van der Waals surface area contributed by atoms with E-state index < -0.39 is 55.7 Å². The van der Waals surface area contributed by atoms with Gasteiger partial charge in [0.1, 0.15) is 0 Å². The molecule has 10 nitrogen and oxygen atoms in total. The Bertz CT molecular complexity index is 2090. The van der Waals surface area contributed by atoms with Gasteiger partial charge in [-0.25, -0.2) is 9.59 Å². The summed E-state index contributed by atoms with van der Waals surface area (Å²) in [5.41, 5.74) is 0.357. The van der Waals surface area contributed by atoms with Gasteiger partial charge in [-0.3, -0.25) is 9.13 Å². The molecule has 274 valence electrons. The van der Waals surface area contributed by atoms with Crippen LogP contribution in [0.25, 0.3) is 11.1 Å². The summed E-state index contributed by atoms with van der Waals surface area (Å²) in [5, 5.41) is 4.82. The monoisotopic (exact) mass is 798 g/mol. The number of ether oxygens (including phenoxy) is 2. The summed E-state index contributed by atoms with van der Waals surface area (Å²) in [6, 6.07) is 48.3. The van der Waals surface area contributed by atoms with E-state index >= 15 is 0 Å². The minimum Gasteiger partial charge on any atom is -0.449 e. The summed E-state index contributed by atoms with van der Waals surface area (Å²) in [7, 11) is -12.6. The fourth-order valence-electron chi connectivity index (χ4n) is 5.92. The van der Waals surface area contributed by atoms with Crippen molar-refractivity contribution in [2.75, 3.05) is 12.7 Å². The molecular weight excluding hydrogens is 764 g/mol. The lowest BCUT2D eigenvalue weighted by Gasteiger charge is -2.28. The van der Waals surface area contributed by atoms with E-state index in [1.54, 1.807) is 12.1 Å². The van der Waals surface area contributed by atoms with Gasteiger partial charge in [-0.1, -0.05) is 146 Å². The summed E-state index contributed by atoms with van der Waals surface area (Å²) in [5.74, 6) is -2.08. The molecule has 6 aromatic rings. The number of hydrogen-bond donors (Lipinski definition) is 4. The molecule has 0 fully saturated rings. The van der Waals surface area contributed by atoms with Crippen molar-refractivity contribution in [2.45, 2.75) is 0 Å². The van der Waals surface area contributed by atoms with E-state index in [4.69, 9.17) is 9.47 Å². The van der Waals surface area contributed by atoms with Crippen molar-refractivity contribution in [3.05, 3.63) is 169 Å². The Morgan fingerprint density at radius 2 is 0.704 bits per heavy atom. The van der Waals surface area contributed by atoms with E-state index in [9.17, 15) is 38.3 Å². The normalized spacial score (nSPS) is 11.7. The molecule has 0 saturated carbocycles. The number of esters is 2. The molecule has 0 aliphatic heterocycles. The Kier molecular flexibility index (Phi) is 12.5. The Labute approximate surface area is 314 Å². The van der Waals surface area contributed by atoms with E-state index in [1.165, 1.54) is 12.1 Å². The van der Waals surface area contributed by atoms with Crippen LogP contribution in [0, 0.1) is 0 Å². The summed E-state index contributed by atoms with van der Waals surface area (Å²) >= 11 is 0. The van der Waals surface area contributed by atoms with Crippen LogP contribution in [-0.2, 0) is 18.6 Å². The lowest BCUT2D eigenvalue weighted by Crippen LogP contribution is -2.29. The molecule has 0 aromatic heterocycles. The molecule has 0 heterocycles. The fraction of sp³-hybridized carbons (Fsp3) is 0.0500. The van der Waals surface area contributed by atoms with Crippen LogP contribution in [0.2, 0.25) is 0 Å². The van der Waals surface area contributed by atoms with Crippen LogP contribution in [0.4, 0.5) is 0 Å². The second-order valence-electron chi connectivity index (χ2n) is 11.9. The number of rotatable bonds is 13. The molecule has 0 amide bonds. The first kappa shape index (κ1) is 39.1. The first-order valence-electron chi connectivity index (χ1n) is 16.4. The van der Waals surface area contributed by atoms with Gasteiger partial charge in [-0.2, -0.15) is 0 Å². The summed E-state index contributed by atoms with van der Waals surface area (Å²) in [4.78, 5) is 66.9. The van der Waals surface area contributed by atoms with Gasteiger partial charge >= 0.3 is 27.1 Å². The van der Waals surface area contributed by atoms with Crippen LogP contribution in [0.5, 0.6) is 0 Å². The molecule has 0 aliphatic carbocycles. The van der Waals surface area contributed by atoms with Gasteiger partial charge in [0.25, 0.3) is 0 Å². The average Bonchev–Trinajstić information content (AvgIpc) is 3.17. The van der Waals surface area contributed by atoms with Gasteiger partial charge < -0.3 is 29.0 Å². The third-order valence-corrected chi connectivity index (χ3v) is 13.9. The summed E-state index contributed by atoms with van der Waals surface area (Å²) in [6.07, 6.45) is -2.36. The van der Waals surface area contributed by atoms with Gasteiger partial charge in [-0.15, -0.1) is 0 Å². The van der Waals surface area contributed by atoms with E-state index in [-0.39, 0.29) is 22.3 Å². The minimum atomic E-state index is -4.79. The smallest absolute Gasteiger partial charge is 0.362 e. The van der Waals surface area contributed by atoms with Crippen molar-refractivity contribution in [1.29, 1.82) is 0 Å². The molecule has 4 N–H and O–H groups in total. The molecule has 0 atom stereocenters. The second-order valence-corrected chi connectivity index (χ2v) is 19.4. The van der Waals surface area contributed by atoms with Crippen LogP contribution in [0.1, 0.15) is 20.7 Å². The Balaban J connectivity index is 1.75. The minimum absolute atomic E-state index is 0.0760. The molecule has 0 spiro atoms. The van der Waals surface area contributed by atoms with Crippen LogP contribution in [0.15, 0.2) is 158 Å². The zero-order valence-corrected chi connectivity index (χ0v) is 32.0. The van der Waals surface area contributed by atoms with Gasteiger partial charge in [-0.05, 0) is 59.8 Å². The van der Waals surface area contributed by atoms with Crippen LogP contribution in [0.3, 0.4) is 0 Å². The lowest BCUT2D eigenvalue weighted by molar-refractivity contribution is 0.0542. The quantitative estimate of drug-likeness (QED) is 0.0872. The first-order chi connectivity index (χ1) is 25.9. The summed E-state index contributed by atoms with van der Waals surface area (Å²) in [6.45, 7) is 0. The highest BCUT2D eigenvalue weighted by atomic mass is 31.2. The van der Waals surface area contributed by atoms with Gasteiger partial charge in [0.05, 0.1) is 11.1 Å². The third kappa shape index (κ3) is 9.55. The summed E-state index contributed by atoms with van der Waals surface area (Å²) < 4.78 is 34.3. The van der Waals surface area contributed by atoms with E-state index in [1.807, 2.05) is 133 Å². The second kappa shape index (κ2) is 17.3. The van der Waals surface area contributed by atoms with Crippen molar-refractivity contribution in [3.8, 4) is 11.1 Å². The van der Waals surface area contributed by atoms with Crippen molar-refractivity contribution in [3.63, 3.8) is 0 Å². The van der Waals surface area contributed by atoms with Gasteiger partial charge in [0.2, 0.25) is 0 Å². The molecule has 0 aliphatic rings. The van der Waals surface area contributed by atoms with Crippen LogP contribution >= 0.6 is 31.0 Å². The zero-order chi connectivity index (χ0) is 38.3. The number of benzene rings is 6. The van der Waals surface area contributed by atoms with Crippen molar-refractivity contribution in [2.24, 2.45) is 0 Å². The maximum absolute atomic E-state index is 14.1. The van der Waals surface area contributed by atoms with Crippen LogP contribution < -0.4 is 31.8 Å². The molecular formula is C40H34O10P4. The Morgan fingerprint density at radius 1 is 0.426 bits per heavy atom. The van der Waals surface area contributed by atoms with Crippen LogP contribution in [-0.4, -0.2) is 44.2 Å². The van der Waals surface area contributed by atoms with Crippen molar-refractivity contribution >= 4 is 74.8 Å². The highest BCUT2D eigenvalue weighted by Crippen LogP contribution is 2.44. The number of hydrogen-bond acceptors (Lipinski definition) is 6. The standard InChI is InChI=1S/C40H34O10P4/c41-39(49-27-53(43,44)45)33-23-13-25-35(51(29-15-5-1-6-16-29)30-17-7-2-8-18-30)37(33)38-34(40(42)50-28-54(46,47)48)24-14-26-36(38)52(31-19-9-3-10-20-31)32-21-11-4-12-22-32/h1-26H,27-28H2,(H2,43,44,45)(H2,46,47,48). The maximum Gasteiger partial charge on any atom is 0.362 e. The fourth-order valence-corrected chi connectivity index (χ4v) is 11.5. The highest BCUT2D eigenvalue weighted by molar-refractivity contribution is 7.80. The van der Waals surface area contributed by atoms with Crippen molar-refractivity contribution < 1.29 is 47.8 Å². The molecule has 0 radical (unpaired) electrons. The first-order valence-corrected chi connectivity index (χ1v) is 22.7. The van der Waals surface area contributed by atoms with Crippen molar-refractivity contribution in [1.82, 2.24) is 0 Å². The predicted octanol–water partition coefficient (Wildman–Crippen LogP) is 5.45. The number of carbonyl (C=O) groups excluding carboxylic acids is 2. The molecule has 6 aromatic carbocycles. The largest absolute Gasteiger partial charge is 0.449 e. The van der Waals surface area contributed by atoms with E-state index in [2.05, 4.69) is 0 Å². The molecule has 0 bridgehead atoms. The molecule has 0 unspecified atom stereocenters. The molecule has 0 saturated heterocycles. The average molecular weight is 799 g/mol. The molecule has 54 heavy (non-hydrogen) atoms. The topological polar surface area (TPSA) is 168 Å². The molecule has 14 heteroatoms. The third-order valence-electron chi connectivity index (χ3n) is 8.04. The van der Waals surface area contributed by atoms with E-state index in [0.717, 1.165) is 21.2 Å². The Morgan fingerprint density at radius 3 is 0.963 bits per heavy atom. The van der Waals surface area contributed by atoms with Gasteiger partial charge in [0.15, 0.2) is 12.7 Å². The Hall–Kier alpha value is -4.58. The SMILES string of the molecule is O=C(OCP(=O)(O)O)c1cccc(P(c2ccccc2)c2ccccc2)c1-c1c(C(=O)OCP(=O)(O)O)cccc1P(c1ccccc1)c1ccccc1. The maximum atomic E-state index is 14.1. The highest BCUT2D eigenvalue weighted by Gasteiger charge is 2.33. The molecule has 6 rings (SSSR count). The zero-order valence-electron chi connectivity index (χ0n) is 28.5. The predicted molar refractivity (Wildman–Crippen MR) is 214 cm³/mol. The van der Waals surface area contributed by atoms with E-state index in [0.29, 0.717) is 10.6 Å².